The van der Waals surface area contributed by atoms with Crippen LogP contribution in [0.1, 0.15) is 46.5 Å². The minimum Gasteiger partial charge on any atom is -0.497 e. The lowest BCUT2D eigenvalue weighted by Crippen LogP contribution is -2.39. The lowest BCUT2D eigenvalue weighted by molar-refractivity contribution is 0.0656. The zero-order valence-corrected chi connectivity index (χ0v) is 18.7. The van der Waals surface area contributed by atoms with E-state index in [1.807, 2.05) is 24.3 Å². The fraction of sp³-hybridized carbons (Fsp3) is 0.269. The van der Waals surface area contributed by atoms with Crippen molar-refractivity contribution in [1.82, 2.24) is 15.0 Å². The summed E-state index contributed by atoms with van der Waals surface area (Å²) in [5.74, 6) is 1.57. The van der Waals surface area contributed by atoms with Crippen LogP contribution in [0.25, 0.3) is 11.3 Å². The highest BCUT2D eigenvalue weighted by Crippen LogP contribution is 2.29. The minimum absolute atomic E-state index is 0.00859. The van der Waals surface area contributed by atoms with Crippen LogP contribution < -0.4 is 4.74 Å². The average molecular weight is 461 g/mol. The Kier molecular flexibility index (Phi) is 6.12. The molecular weight excluding hydrogens is 437 g/mol. The molecule has 1 amide bonds. The number of likely N-dealkylation sites (tertiary alicyclic amines) is 1. The third-order valence-corrected chi connectivity index (χ3v) is 6.01. The second kappa shape index (κ2) is 9.51. The van der Waals surface area contributed by atoms with Crippen LogP contribution in [0.4, 0.5) is 4.39 Å². The Balaban J connectivity index is 1.26. The predicted molar refractivity (Wildman–Crippen MR) is 122 cm³/mol. The Hall–Kier alpha value is -3.94. The molecule has 1 fully saturated rings. The summed E-state index contributed by atoms with van der Waals surface area (Å²) in [7, 11) is 1.64. The molecule has 0 unspecified atom stereocenters. The number of hydrogen-bond acceptors (Lipinski definition) is 6. The first-order chi connectivity index (χ1) is 16.6. The number of piperidine rings is 1. The van der Waals surface area contributed by atoms with Crippen molar-refractivity contribution in [3.8, 4) is 17.0 Å². The molecule has 0 spiro atoms. The fourth-order valence-electron chi connectivity index (χ4n) is 4.27. The summed E-state index contributed by atoms with van der Waals surface area (Å²) in [6.07, 6.45) is 4.04. The summed E-state index contributed by atoms with van der Waals surface area (Å²) in [6.45, 7) is 1.07. The Morgan fingerprint density at radius 3 is 2.94 bits per heavy atom. The molecular formula is C26H24FN3O4. The second-order valence-electron chi connectivity index (χ2n) is 8.34. The van der Waals surface area contributed by atoms with Crippen molar-refractivity contribution in [1.29, 1.82) is 0 Å². The number of amides is 1. The van der Waals surface area contributed by atoms with E-state index in [-0.39, 0.29) is 17.6 Å². The van der Waals surface area contributed by atoms with Crippen LogP contribution in [0.3, 0.4) is 0 Å². The maximum Gasteiger partial charge on any atom is 0.292 e. The molecule has 1 aliphatic heterocycles. The monoisotopic (exact) mass is 461 g/mol. The molecule has 1 aliphatic rings. The van der Waals surface area contributed by atoms with Crippen molar-refractivity contribution < 1.29 is 22.9 Å². The molecule has 2 aromatic carbocycles. The Bertz CT molecular complexity index is 1300. The molecule has 0 saturated carbocycles. The molecule has 0 N–H and O–H groups in total. The highest BCUT2D eigenvalue weighted by molar-refractivity contribution is 5.92. The third kappa shape index (κ3) is 4.57. The van der Waals surface area contributed by atoms with E-state index in [0.717, 1.165) is 29.9 Å². The number of benzene rings is 2. The van der Waals surface area contributed by atoms with Gasteiger partial charge in [0.1, 0.15) is 23.0 Å². The van der Waals surface area contributed by atoms with Crippen LogP contribution in [-0.4, -0.2) is 41.1 Å². The van der Waals surface area contributed by atoms with Crippen LogP contribution >= 0.6 is 0 Å². The van der Waals surface area contributed by atoms with Gasteiger partial charge in [-0.05, 0) is 42.7 Å². The molecule has 0 radical (unpaired) electrons. The topological polar surface area (TPSA) is 81.6 Å². The molecule has 1 atom stereocenters. The molecule has 174 valence electrons. The van der Waals surface area contributed by atoms with Crippen molar-refractivity contribution in [2.75, 3.05) is 20.2 Å². The van der Waals surface area contributed by atoms with Gasteiger partial charge in [0.05, 0.1) is 19.2 Å². The zero-order chi connectivity index (χ0) is 23.5. The Labute approximate surface area is 196 Å². The average Bonchev–Trinajstić information content (AvgIpc) is 3.54. The second-order valence-corrected chi connectivity index (χ2v) is 8.34. The molecule has 3 heterocycles. The van der Waals surface area contributed by atoms with E-state index < -0.39 is 5.82 Å². The van der Waals surface area contributed by atoms with Crippen LogP contribution in [0.15, 0.2) is 69.7 Å². The molecule has 34 heavy (non-hydrogen) atoms. The first kappa shape index (κ1) is 21.9. The molecule has 5 rings (SSSR count). The number of methoxy groups -OCH3 is 1. The molecule has 1 saturated heterocycles. The molecule has 0 aliphatic carbocycles. The van der Waals surface area contributed by atoms with Crippen molar-refractivity contribution in [3.63, 3.8) is 0 Å². The largest absolute Gasteiger partial charge is 0.497 e. The number of aromatic nitrogens is 2. The van der Waals surface area contributed by atoms with Gasteiger partial charge >= 0.3 is 0 Å². The highest BCUT2D eigenvalue weighted by atomic mass is 19.1. The van der Waals surface area contributed by atoms with Gasteiger partial charge in [0.25, 0.3) is 5.91 Å². The van der Waals surface area contributed by atoms with E-state index in [2.05, 4.69) is 10.1 Å². The number of carbonyl (C=O) groups is 1. The van der Waals surface area contributed by atoms with Gasteiger partial charge in [0.2, 0.25) is 5.76 Å². The van der Waals surface area contributed by atoms with Crippen molar-refractivity contribution in [3.05, 3.63) is 89.6 Å². The van der Waals surface area contributed by atoms with Crippen LogP contribution in [-0.2, 0) is 6.42 Å². The predicted octanol–water partition coefficient (Wildman–Crippen LogP) is 5.09. The summed E-state index contributed by atoms with van der Waals surface area (Å²) in [5, 5.41) is 3.89. The summed E-state index contributed by atoms with van der Waals surface area (Å²) in [6, 6.07) is 15.6. The molecule has 8 heteroatoms. The van der Waals surface area contributed by atoms with E-state index in [4.69, 9.17) is 13.7 Å². The van der Waals surface area contributed by atoms with Gasteiger partial charge in [-0.3, -0.25) is 4.79 Å². The van der Waals surface area contributed by atoms with Gasteiger partial charge in [-0.1, -0.05) is 29.4 Å². The van der Waals surface area contributed by atoms with Crippen molar-refractivity contribution in [2.45, 2.75) is 25.2 Å². The quantitative estimate of drug-likeness (QED) is 0.398. The van der Waals surface area contributed by atoms with Crippen molar-refractivity contribution in [2.24, 2.45) is 0 Å². The maximum atomic E-state index is 14.1. The molecule has 0 bridgehead atoms. The number of oxazole rings is 1. The van der Waals surface area contributed by atoms with Crippen LogP contribution in [0.2, 0.25) is 0 Å². The first-order valence-corrected chi connectivity index (χ1v) is 11.2. The zero-order valence-electron chi connectivity index (χ0n) is 18.7. The van der Waals surface area contributed by atoms with Gasteiger partial charge in [-0.15, -0.1) is 0 Å². The first-order valence-electron chi connectivity index (χ1n) is 11.2. The number of nitrogens with zero attached hydrogens (tertiary/aromatic N) is 3. The summed E-state index contributed by atoms with van der Waals surface area (Å²) < 4.78 is 30.6. The number of halogens is 1. The van der Waals surface area contributed by atoms with Gasteiger partial charge in [0.15, 0.2) is 5.89 Å². The molecule has 7 nitrogen and oxygen atoms in total. The van der Waals surface area contributed by atoms with E-state index >= 15 is 0 Å². The Morgan fingerprint density at radius 2 is 2.09 bits per heavy atom. The van der Waals surface area contributed by atoms with E-state index in [1.54, 1.807) is 36.4 Å². The van der Waals surface area contributed by atoms with E-state index in [9.17, 15) is 9.18 Å². The standard InChI is InChI=1S/C26H24FN3O4/c1-32-19-8-4-6-17(12-19)13-20-15-28-25(33-20)18-7-5-11-30(16-18)26(31)24-14-23(29-34-24)21-9-2-3-10-22(21)27/h2-4,6,8-10,12,14-15,18H,5,7,11,13,16H2,1H3/t18-/m0/s1. The number of rotatable bonds is 6. The summed E-state index contributed by atoms with van der Waals surface area (Å²) >= 11 is 0. The summed E-state index contributed by atoms with van der Waals surface area (Å²) in [4.78, 5) is 19.2. The smallest absolute Gasteiger partial charge is 0.292 e. The Morgan fingerprint density at radius 1 is 1.21 bits per heavy atom. The fourth-order valence-corrected chi connectivity index (χ4v) is 4.27. The van der Waals surface area contributed by atoms with Gasteiger partial charge in [-0.25, -0.2) is 9.37 Å². The number of carbonyl (C=O) groups excluding carboxylic acids is 1. The lowest BCUT2D eigenvalue weighted by Gasteiger charge is -2.30. The molecule has 2 aromatic heterocycles. The van der Waals surface area contributed by atoms with Gasteiger partial charge in [0, 0.05) is 31.1 Å². The maximum absolute atomic E-state index is 14.1. The SMILES string of the molecule is COc1cccc(Cc2cnc([C@H]3CCCN(C(=O)c4cc(-c5ccccc5F)no4)C3)o2)c1. The number of hydrogen-bond donors (Lipinski definition) is 0. The van der Waals surface area contributed by atoms with Crippen molar-refractivity contribution >= 4 is 5.91 Å². The van der Waals surface area contributed by atoms with Gasteiger partial charge < -0.3 is 18.6 Å². The van der Waals surface area contributed by atoms with Gasteiger partial charge in [-0.2, -0.15) is 0 Å². The molecule has 4 aromatic rings. The normalized spacial score (nSPS) is 15.9. The number of ether oxygens (including phenoxy) is 1. The third-order valence-electron chi connectivity index (χ3n) is 6.01. The lowest BCUT2D eigenvalue weighted by atomic mass is 9.97. The summed E-state index contributed by atoms with van der Waals surface area (Å²) in [5.41, 5.74) is 1.66. The minimum atomic E-state index is -0.415. The van der Waals surface area contributed by atoms with E-state index in [0.29, 0.717) is 36.7 Å². The van der Waals surface area contributed by atoms with Crippen LogP contribution in [0.5, 0.6) is 5.75 Å². The highest BCUT2D eigenvalue weighted by Gasteiger charge is 2.30. The van der Waals surface area contributed by atoms with E-state index in [1.165, 1.54) is 12.1 Å². The van der Waals surface area contributed by atoms with Crippen LogP contribution in [0, 0.1) is 5.82 Å².